The number of ketones is 1. The molecule has 1 aliphatic heterocycles. The van der Waals surface area contributed by atoms with Crippen molar-refractivity contribution in [3.63, 3.8) is 0 Å². The molecule has 1 saturated heterocycles. The molecule has 0 saturated carbocycles. The second kappa shape index (κ2) is 5.88. The third-order valence-corrected chi connectivity index (χ3v) is 3.62. The summed E-state index contributed by atoms with van der Waals surface area (Å²) in [6, 6.07) is 12.4. The number of carbonyl (C=O) groups is 1. The number of aromatic nitrogens is 1. The van der Waals surface area contributed by atoms with Gasteiger partial charge in [-0.3, -0.25) is 9.69 Å². The Morgan fingerprint density at radius 3 is 2.80 bits per heavy atom. The molecule has 1 fully saturated rings. The maximum atomic E-state index is 12.0. The molecular formula is C17H18N2O. The standard InChI is InChI=1S/C17H18N2O/c20-17-7-9-19(12-14-4-2-1-3-5-14)13-16(17)10-15-6-8-18-11-15/h1-6,8,10-11,18H,7,9,12-13H2/b16-10-. The van der Waals surface area contributed by atoms with Crippen molar-refractivity contribution in [3.05, 3.63) is 65.5 Å². The molecule has 3 heteroatoms. The first-order valence-electron chi connectivity index (χ1n) is 6.94. The number of H-pyrrole nitrogens is 1. The van der Waals surface area contributed by atoms with Crippen LogP contribution in [0.2, 0.25) is 0 Å². The van der Waals surface area contributed by atoms with Crippen molar-refractivity contribution in [2.75, 3.05) is 13.1 Å². The maximum absolute atomic E-state index is 12.0. The first kappa shape index (κ1) is 12.9. The summed E-state index contributed by atoms with van der Waals surface area (Å²) in [6.45, 7) is 2.48. The lowest BCUT2D eigenvalue weighted by atomic mass is 10.0. The summed E-state index contributed by atoms with van der Waals surface area (Å²) in [5.41, 5.74) is 3.27. The monoisotopic (exact) mass is 266 g/mol. The third kappa shape index (κ3) is 3.06. The smallest absolute Gasteiger partial charge is 0.161 e. The topological polar surface area (TPSA) is 36.1 Å². The number of hydrogen-bond donors (Lipinski definition) is 1. The molecule has 0 atom stereocenters. The average molecular weight is 266 g/mol. The third-order valence-electron chi connectivity index (χ3n) is 3.62. The number of rotatable bonds is 3. The molecule has 0 aliphatic carbocycles. The number of benzene rings is 1. The van der Waals surface area contributed by atoms with Crippen molar-refractivity contribution >= 4 is 11.9 Å². The summed E-state index contributed by atoms with van der Waals surface area (Å²) >= 11 is 0. The van der Waals surface area contributed by atoms with E-state index < -0.39 is 0 Å². The molecule has 0 radical (unpaired) electrons. The largest absolute Gasteiger partial charge is 0.367 e. The molecule has 1 aromatic carbocycles. The maximum Gasteiger partial charge on any atom is 0.161 e. The number of nitrogens with zero attached hydrogens (tertiary/aromatic N) is 1. The van der Waals surface area contributed by atoms with Gasteiger partial charge in [-0.05, 0) is 23.3 Å². The molecule has 20 heavy (non-hydrogen) atoms. The van der Waals surface area contributed by atoms with Crippen LogP contribution in [0.5, 0.6) is 0 Å². The summed E-state index contributed by atoms with van der Waals surface area (Å²) in [6.07, 6.45) is 6.40. The lowest BCUT2D eigenvalue weighted by molar-refractivity contribution is -0.117. The van der Waals surface area contributed by atoms with Crippen LogP contribution in [0.3, 0.4) is 0 Å². The number of piperidine rings is 1. The second-order valence-corrected chi connectivity index (χ2v) is 5.18. The normalized spacial score (nSPS) is 18.6. The van der Waals surface area contributed by atoms with Crippen LogP contribution in [0.15, 0.2) is 54.4 Å². The highest BCUT2D eigenvalue weighted by molar-refractivity contribution is 6.00. The Morgan fingerprint density at radius 2 is 2.05 bits per heavy atom. The molecule has 1 aromatic heterocycles. The molecule has 1 aliphatic rings. The van der Waals surface area contributed by atoms with Gasteiger partial charge >= 0.3 is 0 Å². The van der Waals surface area contributed by atoms with Crippen LogP contribution in [0.25, 0.3) is 6.08 Å². The molecule has 0 amide bonds. The summed E-state index contributed by atoms with van der Waals surface area (Å²) in [5.74, 6) is 0.274. The van der Waals surface area contributed by atoms with Gasteiger partial charge in [0.05, 0.1) is 0 Å². The van der Waals surface area contributed by atoms with Crippen molar-refractivity contribution in [2.24, 2.45) is 0 Å². The van der Waals surface area contributed by atoms with Gasteiger partial charge in [0.15, 0.2) is 5.78 Å². The SMILES string of the molecule is O=C1CCN(Cc2ccccc2)C/C1=C/c1cc[nH]c1. The van der Waals surface area contributed by atoms with E-state index in [0.717, 1.165) is 30.8 Å². The van der Waals surface area contributed by atoms with Gasteiger partial charge in [-0.15, -0.1) is 0 Å². The Hall–Kier alpha value is -2.13. The van der Waals surface area contributed by atoms with Gasteiger partial charge in [0, 0.05) is 44.0 Å². The zero-order valence-corrected chi connectivity index (χ0v) is 11.4. The Morgan fingerprint density at radius 1 is 1.20 bits per heavy atom. The van der Waals surface area contributed by atoms with Crippen LogP contribution in [-0.2, 0) is 11.3 Å². The molecule has 0 unspecified atom stereocenters. The Balaban J connectivity index is 1.72. The number of nitrogens with one attached hydrogen (secondary N) is 1. The Bertz CT molecular complexity index is 599. The first-order chi connectivity index (χ1) is 9.81. The van der Waals surface area contributed by atoms with E-state index in [4.69, 9.17) is 0 Å². The van der Waals surface area contributed by atoms with Gasteiger partial charge in [0.2, 0.25) is 0 Å². The van der Waals surface area contributed by atoms with Crippen LogP contribution >= 0.6 is 0 Å². The summed E-state index contributed by atoms with van der Waals surface area (Å²) in [5, 5.41) is 0. The molecule has 102 valence electrons. The van der Waals surface area contributed by atoms with Gasteiger partial charge in [-0.2, -0.15) is 0 Å². The Labute approximate surface area is 118 Å². The van der Waals surface area contributed by atoms with Gasteiger partial charge in [-0.25, -0.2) is 0 Å². The minimum atomic E-state index is 0.274. The van der Waals surface area contributed by atoms with Crippen LogP contribution < -0.4 is 0 Å². The van der Waals surface area contributed by atoms with E-state index in [0.29, 0.717) is 6.42 Å². The fourth-order valence-electron chi connectivity index (χ4n) is 2.56. The summed E-state index contributed by atoms with van der Waals surface area (Å²) in [4.78, 5) is 17.4. The lowest BCUT2D eigenvalue weighted by Crippen LogP contribution is -2.35. The van der Waals surface area contributed by atoms with E-state index in [1.807, 2.05) is 30.6 Å². The Kier molecular flexibility index (Phi) is 3.79. The molecule has 2 heterocycles. The van der Waals surface area contributed by atoms with E-state index in [-0.39, 0.29) is 5.78 Å². The fraction of sp³-hybridized carbons (Fsp3) is 0.235. The van der Waals surface area contributed by atoms with E-state index in [9.17, 15) is 4.79 Å². The number of hydrogen-bond acceptors (Lipinski definition) is 2. The highest BCUT2D eigenvalue weighted by Gasteiger charge is 2.21. The molecule has 3 rings (SSSR count). The number of likely N-dealkylation sites (tertiary alicyclic amines) is 1. The quantitative estimate of drug-likeness (QED) is 0.867. The molecule has 0 bridgehead atoms. The predicted molar refractivity (Wildman–Crippen MR) is 80.1 cm³/mol. The highest BCUT2D eigenvalue weighted by atomic mass is 16.1. The second-order valence-electron chi connectivity index (χ2n) is 5.18. The van der Waals surface area contributed by atoms with Crippen molar-refractivity contribution in [1.82, 2.24) is 9.88 Å². The van der Waals surface area contributed by atoms with Crippen LogP contribution in [0, 0.1) is 0 Å². The predicted octanol–water partition coefficient (Wildman–Crippen LogP) is 2.87. The molecular weight excluding hydrogens is 248 g/mol. The molecule has 0 spiro atoms. The van der Waals surface area contributed by atoms with Gasteiger partial charge in [-0.1, -0.05) is 30.3 Å². The van der Waals surface area contributed by atoms with E-state index in [1.165, 1.54) is 5.56 Å². The van der Waals surface area contributed by atoms with Crippen molar-refractivity contribution in [3.8, 4) is 0 Å². The highest BCUT2D eigenvalue weighted by Crippen LogP contribution is 2.17. The van der Waals surface area contributed by atoms with Crippen molar-refractivity contribution in [1.29, 1.82) is 0 Å². The van der Waals surface area contributed by atoms with Gasteiger partial charge in [0.25, 0.3) is 0 Å². The van der Waals surface area contributed by atoms with Crippen LogP contribution in [-0.4, -0.2) is 28.8 Å². The minimum Gasteiger partial charge on any atom is -0.367 e. The zero-order chi connectivity index (χ0) is 13.8. The van der Waals surface area contributed by atoms with E-state index >= 15 is 0 Å². The first-order valence-corrected chi connectivity index (χ1v) is 6.94. The van der Waals surface area contributed by atoms with Crippen molar-refractivity contribution < 1.29 is 4.79 Å². The number of aromatic amines is 1. The fourth-order valence-corrected chi connectivity index (χ4v) is 2.56. The summed E-state index contributed by atoms with van der Waals surface area (Å²) in [7, 11) is 0. The number of carbonyl (C=O) groups excluding carboxylic acids is 1. The van der Waals surface area contributed by atoms with Gasteiger partial charge < -0.3 is 4.98 Å². The zero-order valence-electron chi connectivity index (χ0n) is 11.4. The molecule has 3 nitrogen and oxygen atoms in total. The minimum absolute atomic E-state index is 0.274. The molecule has 2 aromatic rings. The van der Waals surface area contributed by atoms with Gasteiger partial charge in [0.1, 0.15) is 0 Å². The number of Topliss-reactive ketones (excluding diaryl/α,β-unsaturated/α-hetero) is 1. The van der Waals surface area contributed by atoms with Crippen molar-refractivity contribution in [2.45, 2.75) is 13.0 Å². The average Bonchev–Trinajstić information content (AvgIpc) is 2.97. The van der Waals surface area contributed by atoms with Crippen LogP contribution in [0.1, 0.15) is 17.5 Å². The molecule has 1 N–H and O–H groups in total. The van der Waals surface area contributed by atoms with E-state index in [1.54, 1.807) is 0 Å². The van der Waals surface area contributed by atoms with Crippen LogP contribution in [0.4, 0.5) is 0 Å². The van der Waals surface area contributed by atoms with E-state index in [2.05, 4.69) is 34.1 Å². The summed E-state index contributed by atoms with van der Waals surface area (Å²) < 4.78 is 0. The lowest BCUT2D eigenvalue weighted by Gasteiger charge is -2.27.